The Hall–Kier alpha value is -0.860. The van der Waals surface area contributed by atoms with Crippen LogP contribution in [0.1, 0.15) is 45.7 Å². The summed E-state index contributed by atoms with van der Waals surface area (Å²) >= 11 is 0. The minimum atomic E-state index is 0.251. The first kappa shape index (κ1) is 13.6. The van der Waals surface area contributed by atoms with E-state index in [-0.39, 0.29) is 5.54 Å². The van der Waals surface area contributed by atoms with Gasteiger partial charge in [-0.15, -0.1) is 0 Å². The van der Waals surface area contributed by atoms with Gasteiger partial charge in [-0.25, -0.2) is 0 Å². The molecular formula is C16H26N2. The number of hydrogen-bond acceptors (Lipinski definition) is 2. The minimum Gasteiger partial charge on any atom is -0.307 e. The third-order valence-electron chi connectivity index (χ3n) is 4.26. The SMILES string of the molecule is CCC(C)N1CC(c2ccccc2)NCC1(C)C. The third-order valence-corrected chi connectivity index (χ3v) is 4.26. The minimum absolute atomic E-state index is 0.251. The molecule has 0 saturated carbocycles. The number of piperazine rings is 1. The van der Waals surface area contributed by atoms with Crippen LogP contribution in [0, 0.1) is 0 Å². The second-order valence-corrected chi connectivity index (χ2v) is 6.07. The Labute approximate surface area is 111 Å². The maximum Gasteiger partial charge on any atom is 0.0450 e. The van der Waals surface area contributed by atoms with Crippen LogP contribution in [0.4, 0.5) is 0 Å². The van der Waals surface area contributed by atoms with Crippen LogP contribution in [0.2, 0.25) is 0 Å². The highest BCUT2D eigenvalue weighted by atomic mass is 15.3. The predicted octanol–water partition coefficient (Wildman–Crippen LogP) is 3.21. The molecule has 0 bridgehead atoms. The van der Waals surface area contributed by atoms with Gasteiger partial charge in [0.25, 0.3) is 0 Å². The first-order chi connectivity index (χ1) is 8.54. The quantitative estimate of drug-likeness (QED) is 0.881. The fourth-order valence-corrected chi connectivity index (χ4v) is 2.89. The molecule has 0 radical (unpaired) electrons. The van der Waals surface area contributed by atoms with E-state index >= 15 is 0 Å². The number of nitrogens with zero attached hydrogens (tertiary/aromatic N) is 1. The van der Waals surface area contributed by atoms with Crippen molar-refractivity contribution in [1.82, 2.24) is 10.2 Å². The summed E-state index contributed by atoms with van der Waals surface area (Å²) in [6, 6.07) is 11.9. The summed E-state index contributed by atoms with van der Waals surface area (Å²) in [4.78, 5) is 2.65. The lowest BCUT2D eigenvalue weighted by Gasteiger charge is -2.49. The number of hydrogen-bond donors (Lipinski definition) is 1. The van der Waals surface area contributed by atoms with Crippen LogP contribution in [0.3, 0.4) is 0 Å². The van der Waals surface area contributed by atoms with Crippen molar-refractivity contribution in [3.05, 3.63) is 35.9 Å². The van der Waals surface area contributed by atoms with Gasteiger partial charge in [-0.05, 0) is 32.8 Å². The van der Waals surface area contributed by atoms with E-state index < -0.39 is 0 Å². The van der Waals surface area contributed by atoms with Gasteiger partial charge in [-0.1, -0.05) is 37.3 Å². The highest BCUT2D eigenvalue weighted by molar-refractivity contribution is 5.20. The van der Waals surface area contributed by atoms with Gasteiger partial charge in [0.15, 0.2) is 0 Å². The van der Waals surface area contributed by atoms with Crippen LogP contribution in [0.25, 0.3) is 0 Å². The van der Waals surface area contributed by atoms with Gasteiger partial charge in [-0.3, -0.25) is 4.90 Å². The molecule has 0 aromatic heterocycles. The lowest BCUT2D eigenvalue weighted by atomic mass is 9.92. The molecule has 1 aromatic carbocycles. The highest BCUT2D eigenvalue weighted by Gasteiger charge is 2.36. The molecule has 2 rings (SSSR count). The topological polar surface area (TPSA) is 15.3 Å². The molecular weight excluding hydrogens is 220 g/mol. The van der Waals surface area contributed by atoms with E-state index in [1.165, 1.54) is 12.0 Å². The Kier molecular flexibility index (Phi) is 4.08. The molecule has 18 heavy (non-hydrogen) atoms. The summed E-state index contributed by atoms with van der Waals surface area (Å²) in [5.41, 5.74) is 1.65. The summed E-state index contributed by atoms with van der Waals surface area (Å²) in [7, 11) is 0. The lowest BCUT2D eigenvalue weighted by molar-refractivity contribution is 0.0295. The van der Waals surface area contributed by atoms with Gasteiger partial charge in [0.1, 0.15) is 0 Å². The second-order valence-electron chi connectivity index (χ2n) is 6.07. The maximum absolute atomic E-state index is 3.69. The molecule has 2 atom stereocenters. The number of rotatable bonds is 3. The summed E-state index contributed by atoms with van der Waals surface area (Å²) in [6.07, 6.45) is 1.21. The number of nitrogens with one attached hydrogen (secondary N) is 1. The Bertz CT molecular complexity index is 372. The van der Waals surface area contributed by atoms with Crippen molar-refractivity contribution in [3.8, 4) is 0 Å². The van der Waals surface area contributed by atoms with Crippen LogP contribution in [0.5, 0.6) is 0 Å². The van der Waals surface area contributed by atoms with Crippen molar-refractivity contribution in [1.29, 1.82) is 0 Å². The van der Waals surface area contributed by atoms with Gasteiger partial charge in [0, 0.05) is 30.7 Å². The third kappa shape index (κ3) is 2.76. The van der Waals surface area contributed by atoms with Crippen LogP contribution in [-0.4, -0.2) is 29.6 Å². The van der Waals surface area contributed by atoms with E-state index in [9.17, 15) is 0 Å². The van der Waals surface area contributed by atoms with E-state index in [0.717, 1.165) is 13.1 Å². The van der Waals surface area contributed by atoms with Gasteiger partial charge >= 0.3 is 0 Å². The lowest BCUT2D eigenvalue weighted by Crippen LogP contribution is -2.61. The zero-order chi connectivity index (χ0) is 13.2. The van der Waals surface area contributed by atoms with Gasteiger partial charge in [-0.2, -0.15) is 0 Å². The largest absolute Gasteiger partial charge is 0.307 e. The van der Waals surface area contributed by atoms with Crippen molar-refractivity contribution in [2.45, 2.75) is 51.7 Å². The average Bonchev–Trinajstić information content (AvgIpc) is 2.38. The molecule has 2 unspecified atom stereocenters. The van der Waals surface area contributed by atoms with Crippen LogP contribution >= 0.6 is 0 Å². The zero-order valence-corrected chi connectivity index (χ0v) is 12.1. The van der Waals surface area contributed by atoms with Gasteiger partial charge in [0.05, 0.1) is 0 Å². The fraction of sp³-hybridized carbons (Fsp3) is 0.625. The van der Waals surface area contributed by atoms with Crippen LogP contribution in [0.15, 0.2) is 30.3 Å². The van der Waals surface area contributed by atoms with Crippen molar-refractivity contribution < 1.29 is 0 Å². The summed E-state index contributed by atoms with van der Waals surface area (Å²) in [5, 5.41) is 3.69. The fourth-order valence-electron chi connectivity index (χ4n) is 2.89. The average molecular weight is 246 g/mol. The summed E-state index contributed by atoms with van der Waals surface area (Å²) in [6.45, 7) is 11.5. The van der Waals surface area contributed by atoms with E-state index in [0.29, 0.717) is 12.1 Å². The van der Waals surface area contributed by atoms with Gasteiger partial charge < -0.3 is 5.32 Å². The predicted molar refractivity (Wildman–Crippen MR) is 77.7 cm³/mol. The van der Waals surface area contributed by atoms with Crippen molar-refractivity contribution >= 4 is 0 Å². The van der Waals surface area contributed by atoms with E-state index in [4.69, 9.17) is 0 Å². The van der Waals surface area contributed by atoms with Crippen LogP contribution < -0.4 is 5.32 Å². The molecule has 1 saturated heterocycles. The molecule has 0 spiro atoms. The van der Waals surface area contributed by atoms with Crippen LogP contribution in [-0.2, 0) is 0 Å². The maximum atomic E-state index is 3.69. The molecule has 1 N–H and O–H groups in total. The second kappa shape index (κ2) is 5.41. The molecule has 1 aliphatic rings. The Morgan fingerprint density at radius 2 is 2.00 bits per heavy atom. The molecule has 1 fully saturated rings. The van der Waals surface area contributed by atoms with E-state index in [1.54, 1.807) is 0 Å². The standard InChI is InChI=1S/C16H26N2/c1-5-13(2)18-11-15(17-12-16(18,3)4)14-9-7-6-8-10-14/h6-10,13,15,17H,5,11-12H2,1-4H3. The first-order valence-corrected chi connectivity index (χ1v) is 7.09. The smallest absolute Gasteiger partial charge is 0.0450 e. The zero-order valence-electron chi connectivity index (χ0n) is 12.1. The Morgan fingerprint density at radius 3 is 2.61 bits per heavy atom. The molecule has 2 heteroatoms. The molecule has 0 amide bonds. The highest BCUT2D eigenvalue weighted by Crippen LogP contribution is 2.28. The van der Waals surface area contributed by atoms with Gasteiger partial charge in [0.2, 0.25) is 0 Å². The molecule has 2 nitrogen and oxygen atoms in total. The Morgan fingerprint density at radius 1 is 1.33 bits per heavy atom. The summed E-state index contributed by atoms with van der Waals surface area (Å²) in [5.74, 6) is 0. The molecule has 1 heterocycles. The molecule has 1 aromatic rings. The van der Waals surface area contributed by atoms with E-state index in [1.807, 2.05) is 0 Å². The Balaban J connectivity index is 2.15. The normalized spacial score (nSPS) is 25.9. The van der Waals surface area contributed by atoms with Crippen molar-refractivity contribution in [2.24, 2.45) is 0 Å². The first-order valence-electron chi connectivity index (χ1n) is 7.09. The number of benzene rings is 1. The summed E-state index contributed by atoms with van der Waals surface area (Å²) < 4.78 is 0. The molecule has 0 aliphatic carbocycles. The van der Waals surface area contributed by atoms with E-state index in [2.05, 4.69) is 68.2 Å². The monoisotopic (exact) mass is 246 g/mol. The molecule has 100 valence electrons. The molecule has 1 aliphatic heterocycles. The van der Waals surface area contributed by atoms with Crippen molar-refractivity contribution in [2.75, 3.05) is 13.1 Å². The van der Waals surface area contributed by atoms with Crippen molar-refractivity contribution in [3.63, 3.8) is 0 Å².